The van der Waals surface area contributed by atoms with Crippen molar-refractivity contribution in [3.05, 3.63) is 51.8 Å². The largest absolute Gasteiger partial charge is 0.462 e. The minimum absolute atomic E-state index is 0.181. The molecule has 2 aliphatic rings. The van der Waals surface area contributed by atoms with Gasteiger partial charge < -0.3 is 15.0 Å². The molecule has 0 spiro atoms. The fraction of sp³-hybridized carbons (Fsp3) is 0.125. The average molecular weight is 315 g/mol. The third-order valence-corrected chi connectivity index (χ3v) is 4.12. The van der Waals surface area contributed by atoms with E-state index in [1.807, 2.05) is 0 Å². The minimum atomic E-state index is -0.332. The van der Waals surface area contributed by atoms with Gasteiger partial charge in [0.05, 0.1) is 17.7 Å². The summed E-state index contributed by atoms with van der Waals surface area (Å²) < 4.78 is 5.00. The number of benzene rings is 1. The molecular weight excluding hydrogens is 304 g/mol. The fourth-order valence-electron chi connectivity index (χ4n) is 2.82. The van der Waals surface area contributed by atoms with Crippen molar-refractivity contribution in [1.29, 1.82) is 0 Å². The number of cyclic esters (lactones) is 1. The molecule has 6 heteroatoms. The first-order valence-corrected chi connectivity index (χ1v) is 7.21. The van der Waals surface area contributed by atoms with Gasteiger partial charge in [0.1, 0.15) is 0 Å². The third-order valence-electron chi connectivity index (χ3n) is 3.88. The van der Waals surface area contributed by atoms with Crippen molar-refractivity contribution in [2.75, 3.05) is 11.9 Å². The van der Waals surface area contributed by atoms with Crippen molar-refractivity contribution < 1.29 is 14.3 Å². The molecular formula is C16H11ClN2O3. The Morgan fingerprint density at radius 2 is 2.09 bits per heavy atom. The lowest BCUT2D eigenvalue weighted by atomic mass is 10.0. The highest BCUT2D eigenvalue weighted by Gasteiger charge is 2.27. The molecule has 110 valence electrons. The van der Waals surface area contributed by atoms with Gasteiger partial charge in [-0.2, -0.15) is 0 Å². The van der Waals surface area contributed by atoms with E-state index < -0.39 is 0 Å². The first-order chi connectivity index (χ1) is 10.6. The van der Waals surface area contributed by atoms with Gasteiger partial charge in [-0.3, -0.25) is 4.79 Å². The number of fused-ring (bicyclic) bond motifs is 2. The van der Waals surface area contributed by atoms with Gasteiger partial charge in [-0.1, -0.05) is 11.6 Å². The first-order valence-electron chi connectivity index (χ1n) is 6.84. The number of ether oxygens (including phenoxy) is 1. The van der Waals surface area contributed by atoms with Crippen molar-refractivity contribution >= 4 is 40.8 Å². The maximum absolute atomic E-state index is 12.2. The number of esters is 1. The second-order valence-electron chi connectivity index (χ2n) is 5.18. The fourth-order valence-corrected chi connectivity index (χ4v) is 2.99. The summed E-state index contributed by atoms with van der Waals surface area (Å²) in [6, 6.07) is 5.26. The molecule has 0 aliphatic carbocycles. The number of aromatic nitrogens is 1. The molecule has 1 aromatic carbocycles. The van der Waals surface area contributed by atoms with Crippen LogP contribution in [0, 0.1) is 0 Å². The van der Waals surface area contributed by atoms with Crippen molar-refractivity contribution in [2.24, 2.45) is 0 Å². The smallest absolute Gasteiger partial charge is 0.339 e. The van der Waals surface area contributed by atoms with Crippen LogP contribution in [0.5, 0.6) is 0 Å². The van der Waals surface area contributed by atoms with E-state index in [0.29, 0.717) is 29.2 Å². The second kappa shape index (κ2) is 4.74. The molecule has 0 saturated heterocycles. The number of nitrogens with one attached hydrogen (secondary N) is 2. The number of hydrogen-bond acceptors (Lipinski definition) is 3. The van der Waals surface area contributed by atoms with Crippen LogP contribution in [0.3, 0.4) is 0 Å². The summed E-state index contributed by atoms with van der Waals surface area (Å²) in [6.45, 7) is 0.356. The molecule has 1 aromatic heterocycles. The van der Waals surface area contributed by atoms with Crippen molar-refractivity contribution in [3.63, 3.8) is 0 Å². The number of carbonyl (C=O) groups excluding carboxylic acids is 2. The number of rotatable bonds is 1. The lowest BCUT2D eigenvalue weighted by molar-refractivity contribution is -0.110. The van der Waals surface area contributed by atoms with E-state index in [-0.39, 0.29) is 11.9 Å². The molecule has 2 aliphatic heterocycles. The van der Waals surface area contributed by atoms with Gasteiger partial charge in [-0.25, -0.2) is 4.79 Å². The molecule has 1 amide bonds. The Hall–Kier alpha value is -2.53. The third kappa shape index (κ3) is 1.94. The number of carbonyl (C=O) groups is 2. The second-order valence-corrected chi connectivity index (χ2v) is 5.62. The van der Waals surface area contributed by atoms with Gasteiger partial charge in [-0.05, 0) is 29.8 Å². The van der Waals surface area contributed by atoms with E-state index in [1.54, 1.807) is 30.5 Å². The van der Waals surface area contributed by atoms with E-state index in [1.165, 1.54) is 0 Å². The number of aromatic amines is 1. The van der Waals surface area contributed by atoms with Gasteiger partial charge in [0.25, 0.3) is 5.91 Å². The summed E-state index contributed by atoms with van der Waals surface area (Å²) >= 11 is 6.02. The number of amides is 1. The molecule has 3 heterocycles. The topological polar surface area (TPSA) is 71.2 Å². The number of H-pyrrole nitrogens is 1. The Morgan fingerprint density at radius 3 is 2.95 bits per heavy atom. The summed E-state index contributed by atoms with van der Waals surface area (Å²) in [6.07, 6.45) is 4.01. The predicted octanol–water partition coefficient (Wildman–Crippen LogP) is 2.87. The average Bonchev–Trinajstić information content (AvgIpc) is 3.03. The molecule has 0 radical (unpaired) electrons. The molecule has 0 fully saturated rings. The van der Waals surface area contributed by atoms with Gasteiger partial charge in [0.15, 0.2) is 0 Å². The summed E-state index contributed by atoms with van der Waals surface area (Å²) in [5.41, 5.74) is 4.19. The molecule has 22 heavy (non-hydrogen) atoms. The van der Waals surface area contributed by atoms with Gasteiger partial charge in [0, 0.05) is 34.6 Å². The van der Waals surface area contributed by atoms with Crippen LogP contribution in [-0.4, -0.2) is 23.5 Å². The highest BCUT2D eigenvalue weighted by molar-refractivity contribution is 6.36. The zero-order valence-corrected chi connectivity index (χ0v) is 12.2. The lowest BCUT2D eigenvalue weighted by Gasteiger charge is -2.12. The monoisotopic (exact) mass is 314 g/mol. The quantitative estimate of drug-likeness (QED) is 0.628. The SMILES string of the molecule is O=C1Nc2ccc(Cl)cc2/C1=C/c1[nH]cc2c1CCOC2=O. The van der Waals surface area contributed by atoms with Crippen LogP contribution in [0.25, 0.3) is 11.6 Å². The summed E-state index contributed by atoms with van der Waals surface area (Å²) in [5, 5.41) is 3.37. The zero-order chi connectivity index (χ0) is 15.3. The van der Waals surface area contributed by atoms with E-state index in [4.69, 9.17) is 16.3 Å². The number of anilines is 1. The Bertz CT molecular complexity index is 851. The minimum Gasteiger partial charge on any atom is -0.462 e. The lowest BCUT2D eigenvalue weighted by Crippen LogP contribution is -2.16. The van der Waals surface area contributed by atoms with Crippen LogP contribution in [-0.2, 0) is 16.0 Å². The van der Waals surface area contributed by atoms with Crippen LogP contribution in [0.15, 0.2) is 24.4 Å². The number of hydrogen-bond donors (Lipinski definition) is 2. The molecule has 2 N–H and O–H groups in total. The van der Waals surface area contributed by atoms with E-state index in [9.17, 15) is 9.59 Å². The van der Waals surface area contributed by atoms with Gasteiger partial charge >= 0.3 is 5.97 Å². The highest BCUT2D eigenvalue weighted by atomic mass is 35.5. The summed E-state index contributed by atoms with van der Waals surface area (Å²) in [7, 11) is 0. The summed E-state index contributed by atoms with van der Waals surface area (Å²) in [5.74, 6) is -0.513. The number of halogens is 1. The van der Waals surface area contributed by atoms with Crippen molar-refractivity contribution in [2.45, 2.75) is 6.42 Å². The molecule has 0 saturated carbocycles. The van der Waals surface area contributed by atoms with Crippen molar-refractivity contribution in [1.82, 2.24) is 4.98 Å². The van der Waals surface area contributed by atoms with Crippen LogP contribution in [0.2, 0.25) is 5.02 Å². The highest BCUT2D eigenvalue weighted by Crippen LogP contribution is 2.35. The van der Waals surface area contributed by atoms with Crippen LogP contribution in [0.4, 0.5) is 5.69 Å². The maximum atomic E-state index is 12.2. The van der Waals surface area contributed by atoms with Crippen LogP contribution in [0.1, 0.15) is 27.2 Å². The zero-order valence-electron chi connectivity index (χ0n) is 11.4. The Balaban J connectivity index is 1.83. The Kier molecular flexibility index (Phi) is 2.84. The molecule has 5 nitrogen and oxygen atoms in total. The van der Waals surface area contributed by atoms with Gasteiger partial charge in [-0.15, -0.1) is 0 Å². The standard InChI is InChI=1S/C16H11ClN2O3/c17-8-1-2-13-10(5-8)11(15(20)19-13)6-14-9-3-4-22-16(21)12(9)7-18-14/h1-2,5-7,18H,3-4H2,(H,19,20)/b11-6-. The molecule has 0 unspecified atom stereocenters. The molecule has 0 bridgehead atoms. The van der Waals surface area contributed by atoms with E-state index >= 15 is 0 Å². The predicted molar refractivity (Wildman–Crippen MR) is 82.7 cm³/mol. The molecule has 2 aromatic rings. The first kappa shape index (κ1) is 13.2. The van der Waals surface area contributed by atoms with Gasteiger partial charge in [0.2, 0.25) is 0 Å². The van der Waals surface area contributed by atoms with Crippen molar-refractivity contribution in [3.8, 4) is 0 Å². The Labute approximate surface area is 130 Å². The van der Waals surface area contributed by atoms with E-state index in [2.05, 4.69) is 10.3 Å². The maximum Gasteiger partial charge on any atom is 0.339 e. The summed E-state index contributed by atoms with van der Waals surface area (Å²) in [4.78, 5) is 26.9. The Morgan fingerprint density at radius 1 is 1.23 bits per heavy atom. The van der Waals surface area contributed by atoms with Crippen LogP contribution >= 0.6 is 11.6 Å². The molecule has 0 atom stereocenters. The normalized spacial score (nSPS) is 18.0. The van der Waals surface area contributed by atoms with E-state index in [0.717, 1.165) is 22.5 Å². The molecule has 4 rings (SSSR count). The van der Waals surface area contributed by atoms with Crippen LogP contribution < -0.4 is 5.32 Å².